The zero-order valence-corrected chi connectivity index (χ0v) is 15.4. The van der Waals surface area contributed by atoms with Crippen molar-refractivity contribution in [1.29, 1.82) is 0 Å². The van der Waals surface area contributed by atoms with E-state index in [1.54, 1.807) is 0 Å². The molecule has 0 heterocycles. The lowest BCUT2D eigenvalue weighted by atomic mass is 10.1. The van der Waals surface area contributed by atoms with Crippen molar-refractivity contribution in [3.63, 3.8) is 0 Å². The number of benzene rings is 1. The highest BCUT2D eigenvalue weighted by Gasteiger charge is 2.13. The van der Waals surface area contributed by atoms with Crippen LogP contribution in [0.3, 0.4) is 0 Å². The van der Waals surface area contributed by atoms with Gasteiger partial charge in [0.2, 0.25) is 0 Å². The molecule has 0 fully saturated rings. The molecule has 0 aromatic heterocycles. The number of rotatable bonds is 9. The number of hydrogen-bond donors (Lipinski definition) is 6. The summed E-state index contributed by atoms with van der Waals surface area (Å²) in [7, 11) is 0. The number of carboxylic acids is 6. The fraction of sp³-hybridized carbons (Fsp3) is 0.222. The molecule has 6 N–H and O–H groups in total. The first-order valence-electron chi connectivity index (χ1n) is 8.01. The zero-order valence-electron chi connectivity index (χ0n) is 15.4. The first kappa shape index (κ1) is 28.0. The molecule has 0 aliphatic carbocycles. The Morgan fingerprint density at radius 1 is 0.600 bits per heavy atom. The minimum atomic E-state index is -1.26. The fourth-order valence-corrected chi connectivity index (χ4v) is 1.55. The molecule has 0 aliphatic heterocycles. The quantitative estimate of drug-likeness (QED) is 0.243. The Morgan fingerprint density at radius 2 is 0.900 bits per heavy atom. The average molecular weight is 428 g/mol. The normalized spacial score (nSPS) is 9.33. The maximum Gasteiger partial charge on any atom is 0.336 e. The third-order valence-corrected chi connectivity index (χ3v) is 2.79. The van der Waals surface area contributed by atoms with E-state index in [0.717, 1.165) is 0 Å². The summed E-state index contributed by atoms with van der Waals surface area (Å²) in [5, 5.41) is 49.0. The molecule has 0 radical (unpaired) electrons. The monoisotopic (exact) mass is 428 g/mol. The summed E-state index contributed by atoms with van der Waals surface area (Å²) < 4.78 is 0. The van der Waals surface area contributed by atoms with Gasteiger partial charge >= 0.3 is 35.8 Å². The molecule has 0 saturated carbocycles. The largest absolute Gasteiger partial charge is 0.481 e. The van der Waals surface area contributed by atoms with Gasteiger partial charge in [-0.05, 0) is 25.0 Å². The number of aromatic carboxylic acids is 2. The number of hydrogen-bond acceptors (Lipinski definition) is 6. The van der Waals surface area contributed by atoms with Crippen LogP contribution >= 0.6 is 0 Å². The molecule has 0 aliphatic rings. The van der Waals surface area contributed by atoms with Crippen LogP contribution in [0, 0.1) is 0 Å². The molecule has 0 atom stereocenters. The van der Waals surface area contributed by atoms with Crippen molar-refractivity contribution in [2.24, 2.45) is 0 Å². The van der Waals surface area contributed by atoms with Gasteiger partial charge in [-0.2, -0.15) is 0 Å². The van der Waals surface area contributed by atoms with Gasteiger partial charge in [0, 0.05) is 25.0 Å². The van der Waals surface area contributed by atoms with Crippen molar-refractivity contribution in [2.45, 2.75) is 25.7 Å². The average Bonchev–Trinajstić information content (AvgIpc) is 2.64. The van der Waals surface area contributed by atoms with E-state index in [-0.39, 0.29) is 24.0 Å². The standard InChI is InChI=1S/C8H6O4.C6H10O4.C4H4O4/c9-7(10)5-3-1-2-4-6(5)8(11)12;7-5(8)3-1-2-4-6(9)10;5-3(6)1-2-4(7)8/h1-4H,(H,9,10)(H,11,12);1-4H2,(H,7,8)(H,9,10);1-2H,(H,5,6)(H,7,8). The minimum Gasteiger partial charge on any atom is -0.481 e. The summed E-state index contributed by atoms with van der Waals surface area (Å²) in [4.78, 5) is 59.8. The maximum absolute atomic E-state index is 10.5. The third-order valence-electron chi connectivity index (χ3n) is 2.79. The Bertz CT molecular complexity index is 729. The van der Waals surface area contributed by atoms with E-state index in [1.165, 1.54) is 24.3 Å². The number of unbranched alkanes of at least 4 members (excludes halogenated alkanes) is 1. The number of carbonyl (C=O) groups is 6. The SMILES string of the molecule is O=C(O)C=CC(=O)O.O=C(O)CCCCC(=O)O.O=C(O)c1ccccc1C(=O)O. The Kier molecular flexibility index (Phi) is 14.7. The summed E-state index contributed by atoms with van der Waals surface area (Å²) in [6, 6.07) is 5.48. The summed E-state index contributed by atoms with van der Waals surface area (Å²) in [5.41, 5.74) is -0.380. The van der Waals surface area contributed by atoms with Gasteiger partial charge in [0.15, 0.2) is 0 Å². The highest BCUT2D eigenvalue weighted by Crippen LogP contribution is 2.07. The summed E-state index contributed by atoms with van der Waals surface area (Å²) >= 11 is 0. The summed E-state index contributed by atoms with van der Waals surface area (Å²) in [6.45, 7) is 0. The van der Waals surface area contributed by atoms with Crippen molar-refractivity contribution >= 4 is 35.8 Å². The van der Waals surface area contributed by atoms with Crippen LogP contribution in [-0.4, -0.2) is 66.5 Å². The van der Waals surface area contributed by atoms with Crippen molar-refractivity contribution in [2.75, 3.05) is 0 Å². The Labute approximate surface area is 169 Å². The lowest BCUT2D eigenvalue weighted by Gasteiger charge is -1.98. The Balaban J connectivity index is 0. The van der Waals surface area contributed by atoms with Crippen LogP contribution in [-0.2, 0) is 19.2 Å². The highest BCUT2D eigenvalue weighted by molar-refractivity contribution is 6.01. The van der Waals surface area contributed by atoms with E-state index < -0.39 is 35.8 Å². The first-order valence-corrected chi connectivity index (χ1v) is 8.01. The molecule has 0 unspecified atom stereocenters. The van der Waals surface area contributed by atoms with Crippen LogP contribution in [0.15, 0.2) is 36.4 Å². The van der Waals surface area contributed by atoms with Crippen molar-refractivity contribution in [3.8, 4) is 0 Å². The van der Waals surface area contributed by atoms with Gasteiger partial charge in [-0.1, -0.05) is 12.1 Å². The number of aliphatic carboxylic acids is 4. The molecule has 12 nitrogen and oxygen atoms in total. The minimum absolute atomic E-state index is 0.0628. The second-order valence-corrected chi connectivity index (χ2v) is 5.16. The molecule has 1 rings (SSSR count). The highest BCUT2D eigenvalue weighted by atomic mass is 16.4. The summed E-state index contributed by atoms with van der Waals surface area (Å²) in [6.07, 6.45) is 2.13. The molecule has 0 saturated heterocycles. The lowest BCUT2D eigenvalue weighted by molar-refractivity contribution is -0.139. The molecule has 0 amide bonds. The third kappa shape index (κ3) is 17.2. The lowest BCUT2D eigenvalue weighted by Crippen LogP contribution is -2.06. The maximum atomic E-state index is 10.5. The summed E-state index contributed by atoms with van der Waals surface area (Å²) in [5.74, 6) is -6.71. The first-order chi connectivity index (χ1) is 13.9. The molecule has 0 spiro atoms. The van der Waals surface area contributed by atoms with Crippen LogP contribution in [0.25, 0.3) is 0 Å². The van der Waals surface area contributed by atoms with Gasteiger partial charge in [-0.15, -0.1) is 0 Å². The van der Waals surface area contributed by atoms with Crippen LogP contribution in [0.1, 0.15) is 46.4 Å². The van der Waals surface area contributed by atoms with Gasteiger partial charge in [-0.3, -0.25) is 9.59 Å². The predicted octanol–water partition coefficient (Wildman–Crippen LogP) is 1.51. The molecule has 164 valence electrons. The van der Waals surface area contributed by atoms with Gasteiger partial charge < -0.3 is 30.6 Å². The second kappa shape index (κ2) is 15.8. The zero-order chi connectivity index (χ0) is 23.7. The van der Waals surface area contributed by atoms with E-state index >= 15 is 0 Å². The van der Waals surface area contributed by atoms with Gasteiger partial charge in [0.1, 0.15) is 0 Å². The van der Waals surface area contributed by atoms with Gasteiger partial charge in [0.05, 0.1) is 11.1 Å². The predicted molar refractivity (Wildman–Crippen MR) is 98.5 cm³/mol. The molecule has 30 heavy (non-hydrogen) atoms. The topological polar surface area (TPSA) is 224 Å². The van der Waals surface area contributed by atoms with Crippen LogP contribution in [0.4, 0.5) is 0 Å². The Morgan fingerprint density at radius 3 is 1.10 bits per heavy atom. The number of carboxylic acid groups (broad SMARTS) is 6. The second-order valence-electron chi connectivity index (χ2n) is 5.16. The fourth-order valence-electron chi connectivity index (χ4n) is 1.55. The molecule has 1 aromatic rings. The smallest absolute Gasteiger partial charge is 0.336 e. The van der Waals surface area contributed by atoms with E-state index in [4.69, 9.17) is 30.6 Å². The van der Waals surface area contributed by atoms with Crippen LogP contribution in [0.2, 0.25) is 0 Å². The van der Waals surface area contributed by atoms with E-state index in [1.807, 2.05) is 0 Å². The van der Waals surface area contributed by atoms with E-state index in [9.17, 15) is 28.8 Å². The van der Waals surface area contributed by atoms with E-state index in [2.05, 4.69) is 0 Å². The molecular formula is C18H20O12. The van der Waals surface area contributed by atoms with Gasteiger partial charge in [-0.25, -0.2) is 19.2 Å². The molecular weight excluding hydrogens is 408 g/mol. The van der Waals surface area contributed by atoms with E-state index in [0.29, 0.717) is 25.0 Å². The van der Waals surface area contributed by atoms with Crippen LogP contribution < -0.4 is 0 Å². The van der Waals surface area contributed by atoms with Crippen molar-refractivity contribution in [1.82, 2.24) is 0 Å². The van der Waals surface area contributed by atoms with Crippen molar-refractivity contribution < 1.29 is 59.4 Å². The van der Waals surface area contributed by atoms with Crippen LogP contribution in [0.5, 0.6) is 0 Å². The Hall–Kier alpha value is -4.22. The molecule has 12 heteroatoms. The molecule has 1 aromatic carbocycles. The van der Waals surface area contributed by atoms with Crippen molar-refractivity contribution in [3.05, 3.63) is 47.5 Å². The molecule has 0 bridgehead atoms. The van der Waals surface area contributed by atoms with Gasteiger partial charge in [0.25, 0.3) is 0 Å².